The lowest BCUT2D eigenvalue weighted by molar-refractivity contribution is 1.01. The molecule has 0 fully saturated rings. The molecular formula is C14H23NS2. The van der Waals surface area contributed by atoms with Crippen molar-refractivity contribution in [1.82, 2.24) is 5.32 Å². The van der Waals surface area contributed by atoms with Gasteiger partial charge in [-0.25, -0.2) is 10.0 Å². The number of nitrogens with one attached hydrogen (secondary N) is 1. The molecule has 17 heavy (non-hydrogen) atoms. The van der Waals surface area contributed by atoms with Crippen molar-refractivity contribution < 1.29 is 0 Å². The van der Waals surface area contributed by atoms with Crippen molar-refractivity contribution in [3.8, 4) is 0 Å². The van der Waals surface area contributed by atoms with E-state index in [0.717, 1.165) is 12.2 Å². The zero-order chi connectivity index (χ0) is 13.2. The highest BCUT2D eigenvalue weighted by Crippen LogP contribution is 2.53. The molecular weight excluding hydrogens is 246 g/mol. The molecule has 1 aromatic rings. The molecule has 1 nitrogen and oxygen atoms in total. The molecule has 0 radical (unpaired) electrons. The van der Waals surface area contributed by atoms with Gasteiger partial charge in [-0.3, -0.25) is 0 Å². The molecule has 1 heterocycles. The summed E-state index contributed by atoms with van der Waals surface area (Å²) in [6.07, 6.45) is 8.87. The van der Waals surface area contributed by atoms with E-state index in [-0.39, 0.29) is 0 Å². The van der Waals surface area contributed by atoms with E-state index in [2.05, 4.69) is 51.1 Å². The Morgan fingerprint density at radius 2 is 1.94 bits per heavy atom. The molecule has 0 spiro atoms. The summed E-state index contributed by atoms with van der Waals surface area (Å²) in [6, 6.07) is 0. The van der Waals surface area contributed by atoms with Crippen LogP contribution in [-0.4, -0.2) is 25.3 Å². The summed E-state index contributed by atoms with van der Waals surface area (Å²) in [7, 11) is -0.713. The van der Waals surface area contributed by atoms with Gasteiger partial charge in [0.15, 0.2) is 0 Å². The smallest absolute Gasteiger partial charge is 0.0520 e. The van der Waals surface area contributed by atoms with Crippen molar-refractivity contribution in [2.24, 2.45) is 0 Å². The van der Waals surface area contributed by atoms with E-state index in [1.165, 1.54) is 20.2 Å². The molecule has 0 saturated heterocycles. The fraction of sp³-hybridized carbons (Fsp3) is 0.429. The molecule has 0 aliphatic heterocycles. The predicted molar refractivity (Wildman–Crippen MR) is 84.7 cm³/mol. The van der Waals surface area contributed by atoms with Crippen LogP contribution in [0, 0.1) is 13.8 Å². The van der Waals surface area contributed by atoms with E-state index in [1.807, 2.05) is 17.4 Å². The second kappa shape index (κ2) is 5.32. The Morgan fingerprint density at radius 1 is 1.35 bits per heavy atom. The highest BCUT2D eigenvalue weighted by Gasteiger charge is 2.21. The SMILES string of the molecule is C=CCNC(=C)c1c(S(C)(C)C)sc(C)c1C. The minimum atomic E-state index is -0.713. The van der Waals surface area contributed by atoms with E-state index in [9.17, 15) is 0 Å². The third-order valence-corrected chi connectivity index (χ3v) is 6.74. The Hall–Kier alpha value is -0.670. The lowest BCUT2D eigenvalue weighted by Crippen LogP contribution is -2.12. The summed E-state index contributed by atoms with van der Waals surface area (Å²) >= 11 is 1.92. The predicted octanol–water partition coefficient (Wildman–Crippen LogP) is 4.16. The van der Waals surface area contributed by atoms with Gasteiger partial charge in [-0.05, 0) is 38.2 Å². The third-order valence-electron chi connectivity index (χ3n) is 2.67. The zero-order valence-electron chi connectivity index (χ0n) is 11.5. The van der Waals surface area contributed by atoms with Gasteiger partial charge in [0.25, 0.3) is 0 Å². The highest BCUT2D eigenvalue weighted by atomic mass is 32.3. The van der Waals surface area contributed by atoms with Crippen LogP contribution in [0.2, 0.25) is 0 Å². The van der Waals surface area contributed by atoms with Crippen molar-refractivity contribution in [2.75, 3.05) is 25.3 Å². The molecule has 1 aromatic heterocycles. The normalized spacial score (nSPS) is 12.3. The van der Waals surface area contributed by atoms with Gasteiger partial charge in [0.2, 0.25) is 0 Å². The summed E-state index contributed by atoms with van der Waals surface area (Å²) in [5.74, 6) is 0. The lowest BCUT2D eigenvalue weighted by atomic mass is 10.1. The first-order valence-corrected chi connectivity index (χ1v) is 9.28. The zero-order valence-corrected chi connectivity index (χ0v) is 13.1. The van der Waals surface area contributed by atoms with Crippen molar-refractivity contribution in [1.29, 1.82) is 0 Å². The minimum Gasteiger partial charge on any atom is -0.382 e. The average Bonchev–Trinajstić information content (AvgIpc) is 2.52. The first kappa shape index (κ1) is 14.4. The summed E-state index contributed by atoms with van der Waals surface area (Å²) in [6.45, 7) is 13.1. The lowest BCUT2D eigenvalue weighted by Gasteiger charge is -2.26. The van der Waals surface area contributed by atoms with E-state index < -0.39 is 10.0 Å². The third kappa shape index (κ3) is 3.17. The number of rotatable bonds is 5. The molecule has 0 bridgehead atoms. The monoisotopic (exact) mass is 269 g/mol. The summed E-state index contributed by atoms with van der Waals surface area (Å²) in [4.78, 5) is 1.40. The number of aryl methyl sites for hydroxylation is 1. The van der Waals surface area contributed by atoms with E-state index >= 15 is 0 Å². The maximum absolute atomic E-state index is 4.17. The second-order valence-corrected chi connectivity index (χ2v) is 10.5. The van der Waals surface area contributed by atoms with Gasteiger partial charge in [0, 0.05) is 22.7 Å². The van der Waals surface area contributed by atoms with E-state index in [0.29, 0.717) is 0 Å². The van der Waals surface area contributed by atoms with Crippen LogP contribution in [0.25, 0.3) is 5.70 Å². The van der Waals surface area contributed by atoms with Crippen LogP contribution in [0.5, 0.6) is 0 Å². The molecule has 0 amide bonds. The summed E-state index contributed by atoms with van der Waals surface area (Å²) in [5, 5.41) is 3.32. The van der Waals surface area contributed by atoms with Gasteiger partial charge in [-0.1, -0.05) is 12.7 Å². The topological polar surface area (TPSA) is 12.0 Å². The molecule has 1 rings (SSSR count). The Balaban J connectivity index is 3.21. The maximum Gasteiger partial charge on any atom is 0.0520 e. The number of thiophene rings is 1. The van der Waals surface area contributed by atoms with E-state index in [1.54, 1.807) is 0 Å². The van der Waals surface area contributed by atoms with Gasteiger partial charge in [0.05, 0.1) is 4.21 Å². The Morgan fingerprint density at radius 3 is 2.41 bits per heavy atom. The van der Waals surface area contributed by atoms with Crippen LogP contribution >= 0.6 is 21.4 Å². The second-order valence-electron chi connectivity index (χ2n) is 4.93. The van der Waals surface area contributed by atoms with Crippen molar-refractivity contribution in [3.05, 3.63) is 35.2 Å². The fourth-order valence-corrected chi connectivity index (χ4v) is 4.84. The van der Waals surface area contributed by atoms with Crippen LogP contribution in [0.15, 0.2) is 23.4 Å². The van der Waals surface area contributed by atoms with Gasteiger partial charge >= 0.3 is 0 Å². The van der Waals surface area contributed by atoms with Crippen LogP contribution in [0.1, 0.15) is 16.0 Å². The van der Waals surface area contributed by atoms with Crippen molar-refractivity contribution >= 4 is 27.1 Å². The quantitative estimate of drug-likeness (QED) is 0.791. The van der Waals surface area contributed by atoms with Crippen molar-refractivity contribution in [3.63, 3.8) is 0 Å². The largest absolute Gasteiger partial charge is 0.382 e. The van der Waals surface area contributed by atoms with Crippen LogP contribution in [0.3, 0.4) is 0 Å². The molecule has 96 valence electrons. The minimum absolute atomic E-state index is 0.713. The number of hydrogen-bond donors (Lipinski definition) is 1. The Labute approximate surface area is 111 Å². The molecule has 0 aliphatic rings. The average molecular weight is 269 g/mol. The van der Waals surface area contributed by atoms with Gasteiger partial charge in [-0.2, -0.15) is 0 Å². The van der Waals surface area contributed by atoms with Crippen LogP contribution in [-0.2, 0) is 0 Å². The van der Waals surface area contributed by atoms with Gasteiger partial charge < -0.3 is 5.32 Å². The van der Waals surface area contributed by atoms with E-state index in [4.69, 9.17) is 0 Å². The summed E-state index contributed by atoms with van der Waals surface area (Å²) in [5.41, 5.74) is 3.73. The highest BCUT2D eigenvalue weighted by molar-refractivity contribution is 8.33. The number of hydrogen-bond acceptors (Lipinski definition) is 2. The fourth-order valence-electron chi connectivity index (χ4n) is 1.66. The summed E-state index contributed by atoms with van der Waals surface area (Å²) < 4.78 is 1.49. The van der Waals surface area contributed by atoms with Crippen LogP contribution < -0.4 is 5.32 Å². The Kier molecular flexibility index (Phi) is 4.50. The first-order valence-electron chi connectivity index (χ1n) is 5.61. The molecule has 0 aromatic carbocycles. The maximum atomic E-state index is 4.17. The van der Waals surface area contributed by atoms with Crippen LogP contribution in [0.4, 0.5) is 0 Å². The Bertz CT molecular complexity index is 436. The van der Waals surface area contributed by atoms with Gasteiger partial charge in [0.1, 0.15) is 0 Å². The molecule has 0 atom stereocenters. The van der Waals surface area contributed by atoms with Gasteiger partial charge in [-0.15, -0.1) is 17.9 Å². The molecule has 0 aliphatic carbocycles. The molecule has 0 unspecified atom stereocenters. The standard InChI is InChI=1S/C14H23NS2/c1-8-9-15-11(3)13-10(2)12(4)16-14(13)17(5,6)7/h8,15H,1,3,9H2,2,4-7H3. The molecule has 1 N–H and O–H groups in total. The first-order chi connectivity index (χ1) is 7.79. The van der Waals surface area contributed by atoms with Crippen molar-refractivity contribution in [2.45, 2.75) is 18.1 Å². The molecule has 3 heteroatoms. The molecule has 0 saturated carbocycles.